The number of nitrogens with one attached hydrogen (secondary N) is 1. The number of hydrogen-bond donors (Lipinski definition) is 2. The summed E-state index contributed by atoms with van der Waals surface area (Å²) in [6, 6.07) is 15.3. The molecular weight excluding hydrogens is 266 g/mol. The third-order valence-corrected chi connectivity index (χ3v) is 3.33. The van der Waals surface area contributed by atoms with E-state index in [9.17, 15) is 5.11 Å². The van der Waals surface area contributed by atoms with E-state index in [2.05, 4.69) is 5.32 Å². The maximum atomic E-state index is 10.1. The highest BCUT2D eigenvalue weighted by molar-refractivity contribution is 5.40. The molecule has 1 unspecified atom stereocenters. The fourth-order valence-electron chi connectivity index (χ4n) is 2.13. The summed E-state index contributed by atoms with van der Waals surface area (Å²) < 4.78 is 10.5. The van der Waals surface area contributed by atoms with Crippen molar-refractivity contribution in [2.45, 2.75) is 12.6 Å². The predicted molar refractivity (Wildman–Crippen MR) is 82.7 cm³/mol. The van der Waals surface area contributed by atoms with Gasteiger partial charge >= 0.3 is 0 Å². The van der Waals surface area contributed by atoms with Crippen LogP contribution in [0.15, 0.2) is 48.5 Å². The number of aliphatic hydroxyl groups is 1. The summed E-state index contributed by atoms with van der Waals surface area (Å²) in [7, 11) is 3.26. The standard InChI is InChI=1S/C17H21NO3/c1-20-15-9-8-14(17(10-15)21-2)11-18-12-16(19)13-6-4-3-5-7-13/h3-10,16,18-19H,11-12H2,1-2H3. The lowest BCUT2D eigenvalue weighted by Crippen LogP contribution is -2.21. The van der Waals surface area contributed by atoms with Crippen molar-refractivity contribution in [1.29, 1.82) is 0 Å². The normalized spacial score (nSPS) is 12.0. The lowest BCUT2D eigenvalue weighted by Gasteiger charge is -2.14. The van der Waals surface area contributed by atoms with Gasteiger partial charge in [-0.3, -0.25) is 0 Å². The lowest BCUT2D eigenvalue weighted by atomic mass is 10.1. The Labute approximate surface area is 125 Å². The van der Waals surface area contributed by atoms with Crippen LogP contribution in [-0.2, 0) is 6.54 Å². The average Bonchev–Trinajstić information content (AvgIpc) is 2.55. The van der Waals surface area contributed by atoms with Crippen molar-refractivity contribution in [2.24, 2.45) is 0 Å². The van der Waals surface area contributed by atoms with Crippen molar-refractivity contribution < 1.29 is 14.6 Å². The quantitative estimate of drug-likeness (QED) is 0.821. The van der Waals surface area contributed by atoms with Gasteiger partial charge in [-0.1, -0.05) is 36.4 Å². The van der Waals surface area contributed by atoms with Crippen LogP contribution in [0.3, 0.4) is 0 Å². The highest BCUT2D eigenvalue weighted by atomic mass is 16.5. The number of rotatable bonds is 7. The second kappa shape index (κ2) is 7.67. The summed E-state index contributed by atoms with van der Waals surface area (Å²) in [5, 5.41) is 13.3. The summed E-state index contributed by atoms with van der Waals surface area (Å²) in [4.78, 5) is 0. The molecular formula is C17H21NO3. The van der Waals surface area contributed by atoms with E-state index in [1.165, 1.54) is 0 Å². The van der Waals surface area contributed by atoms with Crippen LogP contribution >= 0.6 is 0 Å². The van der Waals surface area contributed by atoms with E-state index < -0.39 is 6.10 Å². The fourth-order valence-corrected chi connectivity index (χ4v) is 2.13. The predicted octanol–water partition coefficient (Wildman–Crippen LogP) is 2.53. The van der Waals surface area contributed by atoms with Gasteiger partial charge < -0.3 is 19.9 Å². The van der Waals surface area contributed by atoms with Crippen LogP contribution < -0.4 is 14.8 Å². The van der Waals surface area contributed by atoms with Crippen molar-refractivity contribution in [3.8, 4) is 11.5 Å². The van der Waals surface area contributed by atoms with E-state index in [-0.39, 0.29) is 0 Å². The molecule has 21 heavy (non-hydrogen) atoms. The van der Waals surface area contributed by atoms with Gasteiger partial charge in [0, 0.05) is 24.7 Å². The minimum atomic E-state index is -0.518. The Kier molecular flexibility index (Phi) is 5.60. The smallest absolute Gasteiger partial charge is 0.127 e. The first kappa shape index (κ1) is 15.4. The molecule has 0 radical (unpaired) electrons. The van der Waals surface area contributed by atoms with Gasteiger partial charge in [-0.2, -0.15) is 0 Å². The molecule has 4 heteroatoms. The van der Waals surface area contributed by atoms with E-state index in [4.69, 9.17) is 9.47 Å². The van der Waals surface area contributed by atoms with Crippen LogP contribution in [-0.4, -0.2) is 25.9 Å². The lowest BCUT2D eigenvalue weighted by molar-refractivity contribution is 0.174. The molecule has 0 saturated carbocycles. The first-order valence-electron chi connectivity index (χ1n) is 6.89. The molecule has 0 aromatic heterocycles. The van der Waals surface area contributed by atoms with Crippen LogP contribution in [0.4, 0.5) is 0 Å². The third-order valence-electron chi connectivity index (χ3n) is 3.33. The molecule has 2 aromatic carbocycles. The molecule has 0 bridgehead atoms. The summed E-state index contributed by atoms with van der Waals surface area (Å²) in [5.74, 6) is 1.54. The summed E-state index contributed by atoms with van der Waals surface area (Å²) in [5.41, 5.74) is 1.94. The highest BCUT2D eigenvalue weighted by Crippen LogP contribution is 2.24. The van der Waals surface area contributed by atoms with Crippen molar-refractivity contribution >= 4 is 0 Å². The monoisotopic (exact) mass is 287 g/mol. The molecule has 0 amide bonds. The Morgan fingerprint density at radius 1 is 1.05 bits per heavy atom. The maximum absolute atomic E-state index is 10.1. The Morgan fingerprint density at radius 3 is 2.48 bits per heavy atom. The summed E-state index contributed by atoms with van der Waals surface area (Å²) in [6.45, 7) is 1.11. The van der Waals surface area contributed by atoms with E-state index in [1.807, 2.05) is 48.5 Å². The van der Waals surface area contributed by atoms with Crippen molar-refractivity contribution in [3.63, 3.8) is 0 Å². The van der Waals surface area contributed by atoms with E-state index in [1.54, 1.807) is 14.2 Å². The van der Waals surface area contributed by atoms with Gasteiger partial charge in [-0.05, 0) is 11.6 Å². The van der Waals surface area contributed by atoms with Crippen LogP contribution in [0.25, 0.3) is 0 Å². The molecule has 2 rings (SSSR count). The number of hydrogen-bond acceptors (Lipinski definition) is 4. The first-order chi connectivity index (χ1) is 10.2. The molecule has 112 valence electrons. The second-order valence-corrected chi connectivity index (χ2v) is 4.74. The van der Waals surface area contributed by atoms with Gasteiger partial charge in [0.1, 0.15) is 11.5 Å². The molecule has 0 aliphatic heterocycles. The Bertz CT molecular complexity index is 557. The topological polar surface area (TPSA) is 50.7 Å². The van der Waals surface area contributed by atoms with Crippen LogP contribution in [0, 0.1) is 0 Å². The Morgan fingerprint density at radius 2 is 1.81 bits per heavy atom. The van der Waals surface area contributed by atoms with Crippen molar-refractivity contribution in [2.75, 3.05) is 20.8 Å². The first-order valence-corrected chi connectivity index (χ1v) is 6.89. The van der Waals surface area contributed by atoms with Gasteiger partial charge in [0.25, 0.3) is 0 Å². The molecule has 2 N–H and O–H groups in total. The SMILES string of the molecule is COc1ccc(CNCC(O)c2ccccc2)c(OC)c1. The molecule has 0 heterocycles. The number of methoxy groups -OCH3 is 2. The van der Waals surface area contributed by atoms with E-state index >= 15 is 0 Å². The zero-order valence-electron chi connectivity index (χ0n) is 12.4. The second-order valence-electron chi connectivity index (χ2n) is 4.74. The van der Waals surface area contributed by atoms with Gasteiger partial charge in [-0.25, -0.2) is 0 Å². The number of aliphatic hydroxyl groups excluding tert-OH is 1. The van der Waals surface area contributed by atoms with Crippen LogP contribution in [0.5, 0.6) is 11.5 Å². The Balaban J connectivity index is 1.91. The van der Waals surface area contributed by atoms with Crippen LogP contribution in [0.2, 0.25) is 0 Å². The molecule has 2 aromatic rings. The molecule has 0 aliphatic rings. The third kappa shape index (κ3) is 4.21. The van der Waals surface area contributed by atoms with Crippen LogP contribution in [0.1, 0.15) is 17.2 Å². The zero-order valence-corrected chi connectivity index (χ0v) is 12.4. The average molecular weight is 287 g/mol. The van der Waals surface area contributed by atoms with E-state index in [0.29, 0.717) is 13.1 Å². The number of ether oxygens (including phenoxy) is 2. The summed E-state index contributed by atoms with van der Waals surface area (Å²) in [6.07, 6.45) is -0.518. The molecule has 0 saturated heterocycles. The van der Waals surface area contributed by atoms with Gasteiger partial charge in [0.15, 0.2) is 0 Å². The minimum absolute atomic E-state index is 0.485. The molecule has 1 atom stereocenters. The number of benzene rings is 2. The Hall–Kier alpha value is -2.04. The van der Waals surface area contributed by atoms with Gasteiger partial charge in [0.05, 0.1) is 20.3 Å². The van der Waals surface area contributed by atoms with E-state index in [0.717, 1.165) is 22.6 Å². The van der Waals surface area contributed by atoms with Gasteiger partial charge in [-0.15, -0.1) is 0 Å². The minimum Gasteiger partial charge on any atom is -0.497 e. The summed E-state index contributed by atoms with van der Waals surface area (Å²) >= 11 is 0. The fraction of sp³-hybridized carbons (Fsp3) is 0.294. The van der Waals surface area contributed by atoms with Gasteiger partial charge in [0.2, 0.25) is 0 Å². The maximum Gasteiger partial charge on any atom is 0.127 e. The molecule has 0 aliphatic carbocycles. The largest absolute Gasteiger partial charge is 0.497 e. The van der Waals surface area contributed by atoms with Crippen molar-refractivity contribution in [3.05, 3.63) is 59.7 Å². The molecule has 0 fully saturated rings. The van der Waals surface area contributed by atoms with Crippen molar-refractivity contribution in [1.82, 2.24) is 5.32 Å². The highest BCUT2D eigenvalue weighted by Gasteiger charge is 2.08. The molecule has 4 nitrogen and oxygen atoms in total. The zero-order chi connectivity index (χ0) is 15.1. The molecule has 0 spiro atoms.